The first-order valence-electron chi connectivity index (χ1n) is 15.0. The van der Waals surface area contributed by atoms with Gasteiger partial charge in [-0.15, -0.1) is 10.2 Å². The number of pyridine rings is 1. The average Bonchev–Trinajstić information content (AvgIpc) is 3.77. The summed E-state index contributed by atoms with van der Waals surface area (Å²) in [7, 11) is 1.95. The van der Waals surface area contributed by atoms with Gasteiger partial charge in [0.15, 0.2) is 0 Å². The number of nitrogens with two attached hydrogens (primary N) is 1. The van der Waals surface area contributed by atoms with Gasteiger partial charge in [-0.1, -0.05) is 18.2 Å². The summed E-state index contributed by atoms with van der Waals surface area (Å²) < 4.78 is 23.9. The molecule has 1 saturated heterocycles. The van der Waals surface area contributed by atoms with Crippen LogP contribution in [0.5, 0.6) is 0 Å². The fourth-order valence-electron chi connectivity index (χ4n) is 5.09. The lowest BCUT2D eigenvalue weighted by molar-refractivity contribution is -0.0610. The van der Waals surface area contributed by atoms with Crippen LogP contribution >= 0.6 is 0 Å². The minimum Gasteiger partial charge on any atom is -0.379 e. The maximum atomic E-state index is 13.3. The number of nitrogens with one attached hydrogen (secondary N) is 2. The largest absolute Gasteiger partial charge is 0.379 e. The van der Waals surface area contributed by atoms with Crippen molar-refractivity contribution in [1.82, 2.24) is 25.1 Å². The number of benzene rings is 1. The number of carbonyl (C=O) groups is 1. The van der Waals surface area contributed by atoms with Gasteiger partial charge >= 0.3 is 0 Å². The van der Waals surface area contributed by atoms with Crippen molar-refractivity contribution in [2.24, 2.45) is 12.8 Å². The molecule has 1 aliphatic carbocycles. The van der Waals surface area contributed by atoms with Gasteiger partial charge in [-0.25, -0.2) is 4.98 Å². The monoisotopic (exact) mass is 593 g/mol. The lowest BCUT2D eigenvalue weighted by atomic mass is 9.75. The molecule has 0 unspecified atom stereocenters. The van der Waals surface area contributed by atoms with Crippen LogP contribution in [0.25, 0.3) is 0 Å². The molecule has 3 aromatic rings. The van der Waals surface area contributed by atoms with E-state index in [0.29, 0.717) is 84.1 Å². The van der Waals surface area contributed by atoms with Gasteiger partial charge in [0.25, 0.3) is 5.91 Å². The van der Waals surface area contributed by atoms with Crippen LogP contribution in [0.1, 0.15) is 51.9 Å². The summed E-state index contributed by atoms with van der Waals surface area (Å²) in [6.07, 6.45) is 4.63. The number of rotatable bonds is 19. The van der Waals surface area contributed by atoms with Gasteiger partial charge in [0.1, 0.15) is 17.8 Å². The summed E-state index contributed by atoms with van der Waals surface area (Å²) in [4.78, 5) is 18.1. The molecule has 0 atom stereocenters. The number of anilines is 1. The number of aromatic nitrogens is 4. The molecule has 1 amide bonds. The zero-order chi connectivity index (χ0) is 29.9. The Bertz CT molecular complexity index is 1330. The third kappa shape index (κ3) is 8.65. The molecule has 43 heavy (non-hydrogen) atoms. The van der Waals surface area contributed by atoms with E-state index >= 15 is 0 Å². The van der Waals surface area contributed by atoms with Crippen LogP contribution in [0.4, 0.5) is 5.69 Å². The zero-order valence-electron chi connectivity index (χ0n) is 24.9. The van der Waals surface area contributed by atoms with Crippen molar-refractivity contribution in [2.75, 3.05) is 71.3 Å². The van der Waals surface area contributed by atoms with Crippen molar-refractivity contribution < 1.29 is 23.7 Å². The van der Waals surface area contributed by atoms with Crippen LogP contribution in [-0.2, 0) is 44.4 Å². The van der Waals surface area contributed by atoms with E-state index in [1.807, 2.05) is 41.9 Å². The van der Waals surface area contributed by atoms with Crippen LogP contribution in [0, 0.1) is 0 Å². The Kier molecular flexibility index (Phi) is 11.2. The third-order valence-electron chi connectivity index (χ3n) is 7.74. The number of aryl methyl sites for hydroxylation is 1. The van der Waals surface area contributed by atoms with Gasteiger partial charge in [0.05, 0.1) is 52.9 Å². The Balaban J connectivity index is 1.10. The van der Waals surface area contributed by atoms with E-state index < -0.39 is 0 Å². The Morgan fingerprint density at radius 2 is 1.84 bits per heavy atom. The summed E-state index contributed by atoms with van der Waals surface area (Å²) in [5.74, 6) is 1.10. The van der Waals surface area contributed by atoms with E-state index in [0.717, 1.165) is 47.6 Å². The van der Waals surface area contributed by atoms with Gasteiger partial charge in [-0.05, 0) is 42.2 Å². The predicted octanol–water partition coefficient (Wildman–Crippen LogP) is 1.95. The highest BCUT2D eigenvalue weighted by atomic mass is 16.5. The molecule has 5 rings (SSSR count). The summed E-state index contributed by atoms with van der Waals surface area (Å²) in [6.45, 7) is 6.42. The highest BCUT2D eigenvalue weighted by Gasteiger charge is 2.41. The molecular formula is C31H43N7O5. The number of hydrogen-bond donors (Lipinski definition) is 3. The molecule has 12 nitrogen and oxygen atoms in total. The SMILES string of the molecule is Cn1cnnc1CC1(c2cccc(NC(=O)c3ccc(CNCCOCCOCCOCCN)c(C4CC4)n3)c2)COC1. The number of nitrogens with zero attached hydrogens (tertiary/aromatic N) is 4. The van der Waals surface area contributed by atoms with Gasteiger partial charge in [0, 0.05) is 55.8 Å². The fraction of sp³-hybridized carbons (Fsp3) is 0.548. The molecule has 1 aromatic carbocycles. The second kappa shape index (κ2) is 15.5. The lowest BCUT2D eigenvalue weighted by Gasteiger charge is -2.41. The van der Waals surface area contributed by atoms with Crippen molar-refractivity contribution in [3.05, 3.63) is 71.1 Å². The predicted molar refractivity (Wildman–Crippen MR) is 161 cm³/mol. The summed E-state index contributed by atoms with van der Waals surface area (Å²) in [5.41, 5.74) is 9.59. The van der Waals surface area contributed by atoms with E-state index in [1.165, 1.54) is 0 Å². The molecule has 2 fully saturated rings. The molecule has 0 radical (unpaired) electrons. The van der Waals surface area contributed by atoms with Crippen molar-refractivity contribution in [2.45, 2.75) is 37.1 Å². The maximum absolute atomic E-state index is 13.3. The van der Waals surface area contributed by atoms with Gasteiger partial charge in [0.2, 0.25) is 0 Å². The van der Waals surface area contributed by atoms with Crippen LogP contribution in [0.15, 0.2) is 42.7 Å². The Labute approximate surface area is 252 Å². The minimum atomic E-state index is -0.215. The van der Waals surface area contributed by atoms with Crippen molar-refractivity contribution in [3.63, 3.8) is 0 Å². The zero-order valence-corrected chi connectivity index (χ0v) is 24.9. The number of carbonyl (C=O) groups excluding carboxylic acids is 1. The van der Waals surface area contributed by atoms with E-state index in [2.05, 4.69) is 26.9 Å². The number of hydrogen-bond acceptors (Lipinski definition) is 10. The molecular weight excluding hydrogens is 550 g/mol. The molecule has 12 heteroatoms. The lowest BCUT2D eigenvalue weighted by Crippen LogP contribution is -2.49. The van der Waals surface area contributed by atoms with Crippen LogP contribution in [0.3, 0.4) is 0 Å². The van der Waals surface area contributed by atoms with Gasteiger partial charge < -0.3 is 39.9 Å². The van der Waals surface area contributed by atoms with Crippen molar-refractivity contribution in [3.8, 4) is 0 Å². The molecule has 1 aliphatic heterocycles. The van der Waals surface area contributed by atoms with Crippen molar-refractivity contribution in [1.29, 1.82) is 0 Å². The maximum Gasteiger partial charge on any atom is 0.274 e. The highest BCUT2D eigenvalue weighted by molar-refractivity contribution is 6.03. The fourth-order valence-corrected chi connectivity index (χ4v) is 5.09. The highest BCUT2D eigenvalue weighted by Crippen LogP contribution is 2.41. The normalized spacial score (nSPS) is 15.8. The minimum absolute atomic E-state index is 0.188. The van der Waals surface area contributed by atoms with Crippen LogP contribution < -0.4 is 16.4 Å². The first-order valence-corrected chi connectivity index (χ1v) is 15.0. The van der Waals surface area contributed by atoms with Crippen LogP contribution in [0.2, 0.25) is 0 Å². The Morgan fingerprint density at radius 3 is 2.51 bits per heavy atom. The molecule has 0 spiro atoms. The van der Waals surface area contributed by atoms with E-state index in [9.17, 15) is 4.79 Å². The topological polar surface area (TPSA) is 148 Å². The molecule has 2 aromatic heterocycles. The average molecular weight is 594 g/mol. The van der Waals surface area contributed by atoms with E-state index in [4.69, 9.17) is 29.7 Å². The van der Waals surface area contributed by atoms with Crippen molar-refractivity contribution >= 4 is 11.6 Å². The molecule has 232 valence electrons. The summed E-state index contributed by atoms with van der Waals surface area (Å²) >= 11 is 0. The second-order valence-corrected chi connectivity index (χ2v) is 11.2. The molecule has 3 heterocycles. The second-order valence-electron chi connectivity index (χ2n) is 11.2. The molecule has 1 saturated carbocycles. The first-order chi connectivity index (χ1) is 21.1. The molecule has 2 aliphatic rings. The van der Waals surface area contributed by atoms with Gasteiger partial charge in [-0.3, -0.25) is 4.79 Å². The standard InChI is InChI=1S/C31H43N7O5/c1-38-22-34-37-28(38)18-31(20-43-21-31)25-3-2-4-26(17-25)35-30(39)27-8-7-24(29(36-27)23-5-6-23)19-33-10-12-41-14-16-42-15-13-40-11-9-32/h2-4,7-8,17,22-23,33H,5-6,9-16,18-21,32H2,1H3,(H,35,39). The van der Waals surface area contributed by atoms with E-state index in [-0.39, 0.29) is 11.3 Å². The van der Waals surface area contributed by atoms with E-state index in [1.54, 1.807) is 6.33 Å². The summed E-state index contributed by atoms with van der Waals surface area (Å²) in [5, 5.41) is 14.8. The molecule has 4 N–H and O–H groups in total. The first kappa shape index (κ1) is 31.2. The smallest absolute Gasteiger partial charge is 0.274 e. The molecule has 0 bridgehead atoms. The number of amides is 1. The summed E-state index contributed by atoms with van der Waals surface area (Å²) in [6, 6.07) is 11.8. The quantitative estimate of drug-likeness (QED) is 0.176. The Morgan fingerprint density at radius 1 is 1.07 bits per heavy atom. The number of ether oxygens (including phenoxy) is 4. The van der Waals surface area contributed by atoms with Crippen LogP contribution in [-0.4, -0.2) is 91.6 Å². The Hall–Kier alpha value is -3.26. The third-order valence-corrected chi connectivity index (χ3v) is 7.74. The van der Waals surface area contributed by atoms with Gasteiger partial charge in [-0.2, -0.15) is 0 Å².